The second-order valence-corrected chi connectivity index (χ2v) is 8.54. The van der Waals surface area contributed by atoms with Gasteiger partial charge < -0.3 is 10.4 Å². The highest BCUT2D eigenvalue weighted by Crippen LogP contribution is 2.31. The van der Waals surface area contributed by atoms with Crippen molar-refractivity contribution in [2.24, 2.45) is 0 Å². The predicted molar refractivity (Wildman–Crippen MR) is 122 cm³/mol. The number of fused-ring (bicyclic) bond motifs is 2. The molecule has 0 aliphatic heterocycles. The number of hydrogen-bond donors (Lipinski definition) is 2. The third kappa shape index (κ3) is 4.72. The Labute approximate surface area is 170 Å². The lowest BCUT2D eigenvalue weighted by molar-refractivity contribution is 0.128. The second-order valence-electron chi connectivity index (χ2n) is 7.49. The summed E-state index contributed by atoms with van der Waals surface area (Å²) in [5.74, 6) is 0. The van der Waals surface area contributed by atoms with Crippen molar-refractivity contribution in [2.75, 3.05) is 31.5 Å². The Bertz CT molecular complexity index is 997. The van der Waals surface area contributed by atoms with E-state index in [-0.39, 0.29) is 11.5 Å². The van der Waals surface area contributed by atoms with Crippen LogP contribution in [0.2, 0.25) is 0 Å². The Hall–Kier alpha value is -1.95. The largest absolute Gasteiger partial charge is 0.392 e. The van der Waals surface area contributed by atoms with Crippen molar-refractivity contribution < 1.29 is 5.11 Å². The van der Waals surface area contributed by atoms with E-state index in [0.29, 0.717) is 6.54 Å². The molecule has 150 valence electrons. The lowest BCUT2D eigenvalue weighted by Crippen LogP contribution is -2.35. The molecule has 28 heavy (non-hydrogen) atoms. The Morgan fingerprint density at radius 3 is 2.71 bits per heavy atom. The molecule has 4 nitrogen and oxygen atoms in total. The highest BCUT2D eigenvalue weighted by Gasteiger charge is 2.13. The zero-order chi connectivity index (χ0) is 20.1. The first kappa shape index (κ1) is 20.8. The van der Waals surface area contributed by atoms with Crippen molar-refractivity contribution in [3.8, 4) is 0 Å². The minimum absolute atomic E-state index is 0.0994. The highest BCUT2D eigenvalue weighted by atomic mass is 32.1. The Morgan fingerprint density at radius 1 is 1.18 bits per heavy atom. The third-order valence-corrected chi connectivity index (χ3v) is 6.33. The van der Waals surface area contributed by atoms with Crippen LogP contribution < -0.4 is 10.7 Å². The summed E-state index contributed by atoms with van der Waals surface area (Å²) in [6.45, 7) is 9.31. The molecule has 1 atom stereocenters. The first-order valence-corrected chi connectivity index (χ1v) is 10.9. The zero-order valence-corrected chi connectivity index (χ0v) is 17.8. The van der Waals surface area contributed by atoms with Crippen molar-refractivity contribution in [1.29, 1.82) is 0 Å². The minimum atomic E-state index is -0.335. The minimum Gasteiger partial charge on any atom is -0.392 e. The molecule has 0 aliphatic rings. The van der Waals surface area contributed by atoms with Crippen molar-refractivity contribution in [3.05, 3.63) is 52.2 Å². The molecule has 1 aromatic heterocycles. The molecule has 0 unspecified atom stereocenters. The molecule has 3 rings (SSSR count). The average Bonchev–Trinajstić information content (AvgIpc) is 2.68. The van der Waals surface area contributed by atoms with Crippen LogP contribution in [0.25, 0.3) is 20.2 Å². The van der Waals surface area contributed by atoms with Crippen molar-refractivity contribution >= 4 is 37.2 Å². The van der Waals surface area contributed by atoms with Crippen LogP contribution in [-0.2, 0) is 0 Å². The Balaban J connectivity index is 1.86. The summed E-state index contributed by atoms with van der Waals surface area (Å²) in [5, 5.41) is 14.8. The molecule has 0 spiro atoms. The van der Waals surface area contributed by atoms with Crippen LogP contribution in [0.3, 0.4) is 0 Å². The van der Waals surface area contributed by atoms with E-state index < -0.39 is 0 Å². The van der Waals surface area contributed by atoms with Crippen molar-refractivity contribution in [2.45, 2.75) is 39.7 Å². The van der Waals surface area contributed by atoms with Gasteiger partial charge in [0.25, 0.3) is 0 Å². The summed E-state index contributed by atoms with van der Waals surface area (Å²) < 4.78 is 2.09. The van der Waals surface area contributed by atoms with Gasteiger partial charge in [-0.1, -0.05) is 31.5 Å². The van der Waals surface area contributed by atoms with Gasteiger partial charge in [-0.25, -0.2) is 0 Å². The SMILES string of the molecule is CCCCN(CCNc1ccc(C)c2sc3ccccc3c(=O)c12)C[C@H](C)O. The summed E-state index contributed by atoms with van der Waals surface area (Å²) in [4.78, 5) is 15.5. The lowest BCUT2D eigenvalue weighted by atomic mass is 10.1. The fraction of sp³-hybridized carbons (Fsp3) is 0.435. The molecule has 0 amide bonds. The summed E-state index contributed by atoms with van der Waals surface area (Å²) >= 11 is 1.68. The number of aliphatic hydroxyl groups excluding tert-OH is 1. The van der Waals surface area contributed by atoms with E-state index in [4.69, 9.17) is 0 Å². The van der Waals surface area contributed by atoms with Gasteiger partial charge in [-0.15, -0.1) is 11.3 Å². The number of aliphatic hydroxyl groups is 1. The van der Waals surface area contributed by atoms with Gasteiger partial charge in [0, 0.05) is 40.1 Å². The average molecular weight is 399 g/mol. The van der Waals surface area contributed by atoms with Gasteiger partial charge in [0.1, 0.15) is 0 Å². The van der Waals surface area contributed by atoms with E-state index in [1.165, 1.54) is 0 Å². The highest BCUT2D eigenvalue weighted by molar-refractivity contribution is 7.24. The van der Waals surface area contributed by atoms with Gasteiger partial charge in [-0.3, -0.25) is 9.69 Å². The topological polar surface area (TPSA) is 52.6 Å². The Kier molecular flexibility index (Phi) is 7.05. The first-order valence-electron chi connectivity index (χ1n) is 10.1. The summed E-state index contributed by atoms with van der Waals surface area (Å²) in [6.07, 6.45) is 1.93. The van der Waals surface area contributed by atoms with Gasteiger partial charge in [-0.05, 0) is 50.6 Å². The summed E-state index contributed by atoms with van der Waals surface area (Å²) in [7, 11) is 0. The molecule has 0 saturated heterocycles. The van der Waals surface area contributed by atoms with Crippen molar-refractivity contribution in [1.82, 2.24) is 4.90 Å². The van der Waals surface area contributed by atoms with E-state index in [9.17, 15) is 9.90 Å². The number of nitrogens with zero attached hydrogens (tertiary/aromatic N) is 1. The molecule has 0 saturated carbocycles. The molecule has 3 aromatic rings. The number of hydrogen-bond acceptors (Lipinski definition) is 5. The first-order chi connectivity index (χ1) is 13.5. The molecule has 2 N–H and O–H groups in total. The maximum absolute atomic E-state index is 13.2. The van der Waals surface area contributed by atoms with Crippen LogP contribution in [0.1, 0.15) is 32.3 Å². The van der Waals surface area contributed by atoms with Crippen LogP contribution >= 0.6 is 11.3 Å². The molecule has 2 aromatic carbocycles. The Morgan fingerprint density at radius 2 is 1.96 bits per heavy atom. The van der Waals surface area contributed by atoms with Crippen LogP contribution in [-0.4, -0.2) is 42.3 Å². The number of nitrogens with one attached hydrogen (secondary N) is 1. The summed E-state index contributed by atoms with van der Waals surface area (Å²) in [6, 6.07) is 11.9. The standard InChI is InChI=1S/C23H30N2O2S/c1-4-5-13-25(15-17(3)26)14-12-24-19-11-10-16(2)23-21(19)22(27)18-8-6-7-9-20(18)28-23/h6-11,17,24,26H,4-5,12-15H2,1-3H3/t17-/m0/s1. The monoisotopic (exact) mass is 398 g/mol. The van der Waals surface area contributed by atoms with Gasteiger partial charge in [0.2, 0.25) is 0 Å². The second kappa shape index (κ2) is 9.50. The van der Waals surface area contributed by atoms with Gasteiger partial charge in [0.05, 0.1) is 11.5 Å². The molecule has 0 bridgehead atoms. The molecular weight excluding hydrogens is 368 g/mol. The van der Waals surface area contributed by atoms with Gasteiger partial charge in [-0.2, -0.15) is 0 Å². The van der Waals surface area contributed by atoms with E-state index >= 15 is 0 Å². The predicted octanol–water partition coefficient (Wildman–Crippen LogP) is 4.62. The van der Waals surface area contributed by atoms with E-state index in [1.807, 2.05) is 37.3 Å². The summed E-state index contributed by atoms with van der Waals surface area (Å²) in [5.41, 5.74) is 2.13. The van der Waals surface area contributed by atoms with Crippen LogP contribution in [0.15, 0.2) is 41.2 Å². The van der Waals surface area contributed by atoms with Crippen LogP contribution in [0.4, 0.5) is 5.69 Å². The molecule has 0 radical (unpaired) electrons. The van der Waals surface area contributed by atoms with Crippen LogP contribution in [0.5, 0.6) is 0 Å². The fourth-order valence-corrected chi connectivity index (χ4v) is 4.75. The van der Waals surface area contributed by atoms with Gasteiger partial charge in [0.15, 0.2) is 5.43 Å². The number of benzene rings is 2. The van der Waals surface area contributed by atoms with Crippen molar-refractivity contribution in [3.63, 3.8) is 0 Å². The normalized spacial score (nSPS) is 12.8. The van der Waals surface area contributed by atoms with Crippen LogP contribution in [0, 0.1) is 6.92 Å². The number of unbranched alkanes of at least 4 members (excludes halogenated alkanes) is 1. The van der Waals surface area contributed by atoms with E-state index in [1.54, 1.807) is 11.3 Å². The number of aryl methyl sites for hydroxylation is 1. The number of rotatable bonds is 9. The molecular formula is C23H30N2O2S. The fourth-order valence-electron chi connectivity index (χ4n) is 3.58. The third-order valence-electron chi connectivity index (χ3n) is 5.02. The molecule has 0 aliphatic carbocycles. The number of anilines is 1. The lowest BCUT2D eigenvalue weighted by Gasteiger charge is -2.24. The smallest absolute Gasteiger partial charge is 0.197 e. The molecule has 5 heteroatoms. The quantitative estimate of drug-likeness (QED) is 0.517. The van der Waals surface area contributed by atoms with E-state index in [2.05, 4.69) is 30.1 Å². The van der Waals surface area contributed by atoms with Gasteiger partial charge >= 0.3 is 0 Å². The maximum atomic E-state index is 13.2. The zero-order valence-electron chi connectivity index (χ0n) is 17.0. The van der Waals surface area contributed by atoms with E-state index in [0.717, 1.165) is 63.9 Å². The molecule has 1 heterocycles. The maximum Gasteiger partial charge on any atom is 0.197 e. The molecule has 0 fully saturated rings.